The molecule has 10 heteroatoms. The van der Waals surface area contributed by atoms with E-state index in [0.29, 0.717) is 33.0 Å². The van der Waals surface area contributed by atoms with Crippen molar-refractivity contribution in [3.8, 4) is 5.75 Å². The number of carbonyl (C=O) groups is 1. The van der Waals surface area contributed by atoms with E-state index in [1.54, 1.807) is 13.4 Å². The fourth-order valence-corrected chi connectivity index (χ4v) is 5.36. The Labute approximate surface area is 217 Å². The zero-order valence-corrected chi connectivity index (χ0v) is 21.7. The van der Waals surface area contributed by atoms with Gasteiger partial charge < -0.3 is 24.0 Å². The molecule has 0 atom stereocenters. The van der Waals surface area contributed by atoms with Gasteiger partial charge in [-0.05, 0) is 50.3 Å². The number of hydrogen-bond donors (Lipinski definition) is 0. The highest BCUT2D eigenvalue weighted by Gasteiger charge is 2.32. The van der Waals surface area contributed by atoms with Gasteiger partial charge in [-0.3, -0.25) is 4.79 Å². The molecule has 0 N–H and O–H groups in total. The lowest BCUT2D eigenvalue weighted by Crippen LogP contribution is -2.51. The normalized spacial score (nSPS) is 20.4. The first-order chi connectivity index (χ1) is 18.2. The Morgan fingerprint density at radius 2 is 1.89 bits per heavy atom. The maximum atomic E-state index is 13.2. The number of rotatable bonds is 9. The first-order valence-electron chi connectivity index (χ1n) is 13.2. The van der Waals surface area contributed by atoms with E-state index in [0.717, 1.165) is 66.9 Å². The van der Waals surface area contributed by atoms with Crippen LogP contribution in [0.3, 0.4) is 0 Å². The summed E-state index contributed by atoms with van der Waals surface area (Å²) in [6, 6.07) is 8.05. The van der Waals surface area contributed by atoms with Crippen molar-refractivity contribution in [2.75, 3.05) is 51.6 Å². The molecule has 0 unspecified atom stereocenters. The van der Waals surface area contributed by atoms with E-state index in [4.69, 9.17) is 14.2 Å². The third-order valence-corrected chi connectivity index (χ3v) is 7.29. The smallest absolute Gasteiger partial charge is 0.225 e. The standard InChI is InChI=1S/C27H36N6O4/c1-3-36-23-6-4-5-20(15-23)17-33-26-24(16-30-33)25(28-18-29-26)31-11-13-32(14-12-31)27(34)21-7-9-22(10-8-21)37-19-35-2/h4-6,15-16,18,21-22H,3,7-14,17,19H2,1-2H3/t21-,22-. The maximum absolute atomic E-state index is 13.2. The van der Waals surface area contributed by atoms with Gasteiger partial charge in [-0.15, -0.1) is 0 Å². The number of aromatic nitrogens is 4. The number of fused-ring (bicyclic) bond motifs is 1. The monoisotopic (exact) mass is 508 g/mol. The topological polar surface area (TPSA) is 94.8 Å². The van der Waals surface area contributed by atoms with Gasteiger partial charge in [-0.1, -0.05) is 12.1 Å². The molecule has 2 fully saturated rings. The highest BCUT2D eigenvalue weighted by molar-refractivity contribution is 5.87. The Kier molecular flexibility index (Phi) is 8.15. The van der Waals surface area contributed by atoms with E-state index in [9.17, 15) is 4.79 Å². The molecule has 1 amide bonds. The van der Waals surface area contributed by atoms with Crippen molar-refractivity contribution in [3.05, 3.63) is 42.4 Å². The largest absolute Gasteiger partial charge is 0.494 e. The minimum Gasteiger partial charge on any atom is -0.494 e. The fourth-order valence-electron chi connectivity index (χ4n) is 5.36. The molecule has 2 aliphatic rings. The molecule has 198 valence electrons. The lowest BCUT2D eigenvalue weighted by atomic mass is 9.86. The summed E-state index contributed by atoms with van der Waals surface area (Å²) >= 11 is 0. The Morgan fingerprint density at radius 3 is 2.65 bits per heavy atom. The van der Waals surface area contributed by atoms with Crippen LogP contribution >= 0.6 is 0 Å². The minimum absolute atomic E-state index is 0.0964. The molecule has 37 heavy (non-hydrogen) atoms. The first-order valence-corrected chi connectivity index (χ1v) is 13.2. The van der Waals surface area contributed by atoms with Gasteiger partial charge in [0.1, 0.15) is 24.7 Å². The summed E-state index contributed by atoms with van der Waals surface area (Å²) in [6.45, 7) is 6.41. The van der Waals surface area contributed by atoms with Crippen LogP contribution in [-0.4, -0.2) is 83.3 Å². The predicted molar refractivity (Wildman–Crippen MR) is 140 cm³/mol. The van der Waals surface area contributed by atoms with Crippen LogP contribution in [0.2, 0.25) is 0 Å². The lowest BCUT2D eigenvalue weighted by molar-refractivity contribution is -0.139. The summed E-state index contributed by atoms with van der Waals surface area (Å²) in [5.74, 6) is 2.10. The highest BCUT2D eigenvalue weighted by Crippen LogP contribution is 2.29. The molecule has 3 aromatic rings. The van der Waals surface area contributed by atoms with E-state index < -0.39 is 0 Å². The van der Waals surface area contributed by atoms with Crippen molar-refractivity contribution in [2.24, 2.45) is 5.92 Å². The average molecular weight is 509 g/mol. The molecule has 3 heterocycles. The molecule has 0 bridgehead atoms. The number of methoxy groups -OCH3 is 1. The molecule has 2 aromatic heterocycles. The molecular weight excluding hydrogens is 472 g/mol. The zero-order valence-electron chi connectivity index (χ0n) is 21.7. The van der Waals surface area contributed by atoms with Crippen LogP contribution in [0.4, 0.5) is 5.82 Å². The van der Waals surface area contributed by atoms with Crippen molar-refractivity contribution >= 4 is 22.8 Å². The SMILES string of the molecule is CCOc1cccc(Cn2ncc3c(N4CCN(C(=O)[C@H]5CC[C@H](OCOC)CC5)CC4)ncnc32)c1. The van der Waals surface area contributed by atoms with Crippen LogP contribution in [0.25, 0.3) is 11.0 Å². The molecule has 1 aliphatic heterocycles. The van der Waals surface area contributed by atoms with Crippen molar-refractivity contribution in [1.82, 2.24) is 24.6 Å². The number of anilines is 1. The molecular formula is C27H36N6O4. The number of amides is 1. The number of carbonyl (C=O) groups excluding carboxylic acids is 1. The Morgan fingerprint density at radius 1 is 1.08 bits per heavy atom. The molecule has 5 rings (SSSR count). The molecule has 1 aromatic carbocycles. The summed E-state index contributed by atoms with van der Waals surface area (Å²) in [5.41, 5.74) is 1.90. The van der Waals surface area contributed by atoms with Crippen LogP contribution in [-0.2, 0) is 20.8 Å². The van der Waals surface area contributed by atoms with Crippen LogP contribution < -0.4 is 9.64 Å². The summed E-state index contributed by atoms with van der Waals surface area (Å²) in [7, 11) is 1.64. The van der Waals surface area contributed by atoms with Gasteiger partial charge >= 0.3 is 0 Å². The molecule has 1 saturated carbocycles. The molecule has 10 nitrogen and oxygen atoms in total. The predicted octanol–water partition coefficient (Wildman–Crippen LogP) is 3.10. The van der Waals surface area contributed by atoms with Crippen molar-refractivity contribution in [1.29, 1.82) is 0 Å². The van der Waals surface area contributed by atoms with Crippen LogP contribution in [0.15, 0.2) is 36.8 Å². The van der Waals surface area contributed by atoms with Gasteiger partial charge in [0.15, 0.2) is 5.65 Å². The Bertz CT molecular complexity index is 1180. The van der Waals surface area contributed by atoms with Crippen LogP contribution in [0.1, 0.15) is 38.2 Å². The summed E-state index contributed by atoms with van der Waals surface area (Å²) in [5, 5.41) is 5.54. The van der Waals surface area contributed by atoms with Crippen LogP contribution in [0.5, 0.6) is 5.75 Å². The van der Waals surface area contributed by atoms with E-state index in [1.165, 1.54) is 0 Å². The fraction of sp³-hybridized carbons (Fsp3) is 0.556. The number of benzene rings is 1. The molecule has 1 aliphatic carbocycles. The Hall–Kier alpha value is -3.24. The lowest BCUT2D eigenvalue weighted by Gasteiger charge is -2.38. The number of ether oxygens (including phenoxy) is 3. The minimum atomic E-state index is 0.0964. The third kappa shape index (κ3) is 5.86. The van der Waals surface area contributed by atoms with Gasteiger partial charge in [0.2, 0.25) is 5.91 Å². The number of hydrogen-bond acceptors (Lipinski definition) is 8. The van der Waals surface area contributed by atoms with Gasteiger partial charge in [0.25, 0.3) is 0 Å². The second kappa shape index (κ2) is 11.9. The highest BCUT2D eigenvalue weighted by atomic mass is 16.7. The molecule has 1 saturated heterocycles. The molecule has 0 radical (unpaired) electrons. The van der Waals surface area contributed by atoms with Crippen LogP contribution in [0, 0.1) is 5.92 Å². The Balaban J connectivity index is 1.20. The second-order valence-electron chi connectivity index (χ2n) is 9.68. The third-order valence-electron chi connectivity index (χ3n) is 7.29. The number of piperazine rings is 1. The van der Waals surface area contributed by atoms with Crippen molar-refractivity contribution in [3.63, 3.8) is 0 Å². The summed E-state index contributed by atoms with van der Waals surface area (Å²) in [4.78, 5) is 26.6. The first kappa shape index (κ1) is 25.4. The van der Waals surface area contributed by atoms with Gasteiger partial charge in [0.05, 0.1) is 30.8 Å². The quantitative estimate of drug-likeness (QED) is 0.407. The maximum Gasteiger partial charge on any atom is 0.225 e. The van der Waals surface area contributed by atoms with E-state index >= 15 is 0 Å². The summed E-state index contributed by atoms with van der Waals surface area (Å²) in [6.07, 6.45) is 7.25. The van der Waals surface area contributed by atoms with Gasteiger partial charge in [0, 0.05) is 39.2 Å². The van der Waals surface area contributed by atoms with Gasteiger partial charge in [-0.2, -0.15) is 5.10 Å². The van der Waals surface area contributed by atoms with E-state index in [-0.39, 0.29) is 17.9 Å². The van der Waals surface area contributed by atoms with Gasteiger partial charge in [-0.25, -0.2) is 14.6 Å². The molecule has 0 spiro atoms. The average Bonchev–Trinajstić information content (AvgIpc) is 3.35. The van der Waals surface area contributed by atoms with E-state index in [1.807, 2.05) is 40.9 Å². The van der Waals surface area contributed by atoms with Crippen molar-refractivity contribution < 1.29 is 19.0 Å². The van der Waals surface area contributed by atoms with E-state index in [2.05, 4.69) is 26.0 Å². The van der Waals surface area contributed by atoms with Crippen molar-refractivity contribution in [2.45, 2.75) is 45.3 Å². The summed E-state index contributed by atoms with van der Waals surface area (Å²) < 4.78 is 18.2. The second-order valence-corrected chi connectivity index (χ2v) is 9.68. The number of nitrogens with zero attached hydrogens (tertiary/aromatic N) is 6. The zero-order chi connectivity index (χ0) is 25.6.